The molecule has 0 bridgehead atoms. The first-order valence-corrected chi connectivity index (χ1v) is 6.36. The van der Waals surface area contributed by atoms with Crippen LogP contribution in [0.1, 0.15) is 11.1 Å². The van der Waals surface area contributed by atoms with Crippen molar-refractivity contribution in [1.82, 2.24) is 4.98 Å². The Labute approximate surface area is 121 Å². The maximum atomic E-state index is 12.6. The summed E-state index contributed by atoms with van der Waals surface area (Å²) in [6, 6.07) is 6.62. The molecule has 1 aromatic heterocycles. The molecule has 1 aromatic carbocycles. The fourth-order valence-corrected chi connectivity index (χ4v) is 1.90. The summed E-state index contributed by atoms with van der Waals surface area (Å²) in [5.41, 5.74) is 5.25. The zero-order valence-corrected chi connectivity index (χ0v) is 11.7. The highest BCUT2D eigenvalue weighted by Gasteiger charge is 2.30. The number of pyridine rings is 1. The smallest absolute Gasteiger partial charge is 0.416 e. The Morgan fingerprint density at radius 1 is 1.25 bits per heavy atom. The van der Waals surface area contributed by atoms with Gasteiger partial charge >= 0.3 is 6.18 Å². The minimum absolute atomic E-state index is 0.0413. The second-order valence-electron chi connectivity index (χ2n) is 3.98. The number of aromatic nitrogens is 1. The first-order valence-electron chi connectivity index (χ1n) is 5.57. The number of benzene rings is 1. The van der Waals surface area contributed by atoms with E-state index in [0.717, 1.165) is 12.1 Å². The third-order valence-electron chi connectivity index (χ3n) is 2.56. The van der Waals surface area contributed by atoms with E-state index in [-0.39, 0.29) is 12.4 Å². The standard InChI is InChI=1S/C13H10BrF3N2O/c14-10-4-3-9(13(15,16)17)6-8(10)7-20-11-2-1-5-19-12(11)18/h1-6H,7H2,(H2,18,19). The molecule has 1 heterocycles. The molecule has 0 radical (unpaired) electrons. The normalized spacial score (nSPS) is 11.4. The summed E-state index contributed by atoms with van der Waals surface area (Å²) in [5, 5.41) is 0. The topological polar surface area (TPSA) is 48.1 Å². The Bertz CT molecular complexity index is 617. The Kier molecular flexibility index (Phi) is 4.17. The third kappa shape index (κ3) is 3.41. The van der Waals surface area contributed by atoms with Crippen LogP contribution in [0.2, 0.25) is 0 Å². The summed E-state index contributed by atoms with van der Waals surface area (Å²) < 4.78 is 43.8. The molecule has 0 aliphatic carbocycles. The number of anilines is 1. The molecule has 2 N–H and O–H groups in total. The number of nitrogens with two attached hydrogens (primary N) is 1. The monoisotopic (exact) mass is 346 g/mol. The van der Waals surface area contributed by atoms with Gasteiger partial charge in [0, 0.05) is 16.2 Å². The van der Waals surface area contributed by atoms with Crippen molar-refractivity contribution in [3.63, 3.8) is 0 Å². The molecule has 2 rings (SSSR count). The van der Waals surface area contributed by atoms with Crippen LogP contribution in [0.5, 0.6) is 5.75 Å². The van der Waals surface area contributed by atoms with Crippen LogP contribution >= 0.6 is 15.9 Å². The van der Waals surface area contributed by atoms with Gasteiger partial charge in [-0.15, -0.1) is 0 Å². The van der Waals surface area contributed by atoms with Gasteiger partial charge in [-0.3, -0.25) is 0 Å². The van der Waals surface area contributed by atoms with E-state index in [1.165, 1.54) is 12.3 Å². The molecule has 0 spiro atoms. The Balaban J connectivity index is 2.19. The fraction of sp³-hybridized carbons (Fsp3) is 0.154. The van der Waals surface area contributed by atoms with E-state index in [2.05, 4.69) is 20.9 Å². The molecular weight excluding hydrogens is 337 g/mol. The van der Waals surface area contributed by atoms with Crippen molar-refractivity contribution in [2.75, 3.05) is 5.73 Å². The van der Waals surface area contributed by atoms with Crippen LogP contribution in [0.4, 0.5) is 19.0 Å². The van der Waals surface area contributed by atoms with E-state index >= 15 is 0 Å². The summed E-state index contributed by atoms with van der Waals surface area (Å²) in [7, 11) is 0. The number of halogens is 4. The lowest BCUT2D eigenvalue weighted by Crippen LogP contribution is -2.07. The van der Waals surface area contributed by atoms with Crippen molar-refractivity contribution >= 4 is 21.7 Å². The largest absolute Gasteiger partial charge is 0.485 e. The van der Waals surface area contributed by atoms with Gasteiger partial charge in [-0.1, -0.05) is 15.9 Å². The Morgan fingerprint density at radius 3 is 2.65 bits per heavy atom. The molecule has 0 fully saturated rings. The summed E-state index contributed by atoms with van der Waals surface area (Å²) in [4.78, 5) is 3.83. The van der Waals surface area contributed by atoms with Crippen LogP contribution in [0, 0.1) is 0 Å². The number of ether oxygens (including phenoxy) is 1. The van der Waals surface area contributed by atoms with Crippen LogP contribution in [0.15, 0.2) is 41.0 Å². The van der Waals surface area contributed by atoms with Gasteiger partial charge in [0.2, 0.25) is 0 Å². The van der Waals surface area contributed by atoms with E-state index in [9.17, 15) is 13.2 Å². The van der Waals surface area contributed by atoms with Crippen molar-refractivity contribution < 1.29 is 17.9 Å². The lowest BCUT2D eigenvalue weighted by Gasteiger charge is -2.12. The maximum absolute atomic E-state index is 12.6. The lowest BCUT2D eigenvalue weighted by molar-refractivity contribution is -0.137. The number of nitrogen functional groups attached to an aromatic ring is 1. The highest BCUT2D eigenvalue weighted by Crippen LogP contribution is 2.32. The zero-order valence-electron chi connectivity index (χ0n) is 10.1. The predicted octanol–water partition coefficient (Wildman–Crippen LogP) is 4.02. The van der Waals surface area contributed by atoms with E-state index in [1.54, 1.807) is 12.1 Å². The van der Waals surface area contributed by atoms with Gasteiger partial charge in [0.15, 0.2) is 11.6 Å². The summed E-state index contributed by atoms with van der Waals surface area (Å²) in [6.07, 6.45) is -2.88. The highest BCUT2D eigenvalue weighted by molar-refractivity contribution is 9.10. The summed E-state index contributed by atoms with van der Waals surface area (Å²) in [5.74, 6) is 0.521. The number of alkyl halides is 3. The van der Waals surface area contributed by atoms with Gasteiger partial charge in [0.05, 0.1) is 5.56 Å². The van der Waals surface area contributed by atoms with Gasteiger partial charge < -0.3 is 10.5 Å². The average molecular weight is 347 g/mol. The van der Waals surface area contributed by atoms with Gasteiger partial charge in [-0.25, -0.2) is 4.98 Å². The maximum Gasteiger partial charge on any atom is 0.416 e. The van der Waals surface area contributed by atoms with Gasteiger partial charge in [0.25, 0.3) is 0 Å². The van der Waals surface area contributed by atoms with Crippen LogP contribution < -0.4 is 10.5 Å². The first-order chi connectivity index (χ1) is 9.38. The number of nitrogens with zero attached hydrogens (tertiary/aromatic N) is 1. The minimum Gasteiger partial charge on any atom is -0.485 e. The molecule has 3 nitrogen and oxygen atoms in total. The highest BCUT2D eigenvalue weighted by atomic mass is 79.9. The second-order valence-corrected chi connectivity index (χ2v) is 4.83. The molecule has 0 aliphatic heterocycles. The van der Waals surface area contributed by atoms with E-state index in [0.29, 0.717) is 15.8 Å². The summed E-state index contributed by atoms with van der Waals surface area (Å²) in [6.45, 7) is -0.0413. The van der Waals surface area contributed by atoms with Crippen LogP contribution in [0.25, 0.3) is 0 Å². The van der Waals surface area contributed by atoms with Gasteiger partial charge in [-0.05, 0) is 30.3 Å². The number of hydrogen-bond acceptors (Lipinski definition) is 3. The molecule has 7 heteroatoms. The lowest BCUT2D eigenvalue weighted by atomic mass is 10.1. The average Bonchev–Trinajstić information content (AvgIpc) is 2.38. The molecule has 0 aliphatic rings. The first kappa shape index (κ1) is 14.6. The van der Waals surface area contributed by atoms with E-state index < -0.39 is 11.7 Å². The molecule has 0 unspecified atom stereocenters. The second kappa shape index (κ2) is 5.70. The SMILES string of the molecule is Nc1ncccc1OCc1cc(C(F)(F)F)ccc1Br. The minimum atomic E-state index is -4.39. The van der Waals surface area contributed by atoms with Crippen molar-refractivity contribution in [3.8, 4) is 5.75 Å². The molecule has 0 saturated carbocycles. The zero-order chi connectivity index (χ0) is 14.8. The van der Waals surface area contributed by atoms with Crippen LogP contribution in [-0.4, -0.2) is 4.98 Å². The number of hydrogen-bond donors (Lipinski definition) is 1. The fourth-order valence-electron chi connectivity index (χ4n) is 1.54. The molecule has 106 valence electrons. The molecular formula is C13H10BrF3N2O. The van der Waals surface area contributed by atoms with E-state index in [4.69, 9.17) is 10.5 Å². The Morgan fingerprint density at radius 2 is 2.00 bits per heavy atom. The predicted molar refractivity (Wildman–Crippen MR) is 72.1 cm³/mol. The van der Waals surface area contributed by atoms with Gasteiger partial charge in [0.1, 0.15) is 6.61 Å². The molecule has 0 amide bonds. The van der Waals surface area contributed by atoms with Crippen molar-refractivity contribution in [2.24, 2.45) is 0 Å². The molecule has 0 atom stereocenters. The Hall–Kier alpha value is -1.76. The van der Waals surface area contributed by atoms with Crippen LogP contribution in [-0.2, 0) is 12.8 Å². The molecule has 20 heavy (non-hydrogen) atoms. The van der Waals surface area contributed by atoms with E-state index in [1.807, 2.05) is 0 Å². The molecule has 2 aromatic rings. The van der Waals surface area contributed by atoms with Gasteiger partial charge in [-0.2, -0.15) is 13.2 Å². The third-order valence-corrected chi connectivity index (χ3v) is 3.33. The van der Waals surface area contributed by atoms with Crippen molar-refractivity contribution in [3.05, 3.63) is 52.1 Å². The quantitative estimate of drug-likeness (QED) is 0.912. The van der Waals surface area contributed by atoms with Crippen molar-refractivity contribution in [1.29, 1.82) is 0 Å². The number of rotatable bonds is 3. The van der Waals surface area contributed by atoms with Crippen molar-refractivity contribution in [2.45, 2.75) is 12.8 Å². The molecule has 0 saturated heterocycles. The summed E-state index contributed by atoms with van der Waals surface area (Å²) >= 11 is 3.20. The van der Waals surface area contributed by atoms with Crippen LogP contribution in [0.3, 0.4) is 0 Å².